The molecule has 0 bridgehead atoms. The van der Waals surface area contributed by atoms with Crippen LogP contribution in [0.2, 0.25) is 0 Å². The van der Waals surface area contributed by atoms with Gasteiger partial charge in [-0.15, -0.1) is 0 Å². The summed E-state index contributed by atoms with van der Waals surface area (Å²) in [6.07, 6.45) is 0. The standard InChI is InChI=1S/C20H22FN3O2/c1-3-22(13-15-8-7-9-16(21)12-15)19(25)14-24-18-11-6-5-10-17(18)23(4-2)20(24)26/h5-12H,3-4,13-14H2,1-2H3. The SMILES string of the molecule is CCN(Cc1cccc(F)c1)C(=O)Cn1c(=O)n(CC)c2ccccc21. The van der Waals surface area contributed by atoms with Crippen LogP contribution < -0.4 is 5.69 Å². The molecular formula is C20H22FN3O2. The highest BCUT2D eigenvalue weighted by atomic mass is 19.1. The van der Waals surface area contributed by atoms with Crippen molar-refractivity contribution in [1.82, 2.24) is 14.0 Å². The van der Waals surface area contributed by atoms with Gasteiger partial charge in [-0.3, -0.25) is 13.9 Å². The van der Waals surface area contributed by atoms with Crippen LogP contribution in [-0.2, 0) is 24.4 Å². The van der Waals surface area contributed by atoms with Crippen molar-refractivity contribution in [3.05, 3.63) is 70.4 Å². The zero-order valence-electron chi connectivity index (χ0n) is 15.0. The average molecular weight is 355 g/mol. The van der Waals surface area contributed by atoms with Crippen molar-refractivity contribution >= 4 is 16.9 Å². The Kier molecular flexibility index (Phi) is 5.21. The second-order valence-corrected chi connectivity index (χ2v) is 6.14. The Morgan fingerprint density at radius 1 is 1.04 bits per heavy atom. The molecule has 0 radical (unpaired) electrons. The molecule has 26 heavy (non-hydrogen) atoms. The molecule has 0 aliphatic rings. The van der Waals surface area contributed by atoms with Crippen LogP contribution in [0.4, 0.5) is 4.39 Å². The van der Waals surface area contributed by atoms with Crippen molar-refractivity contribution in [3.63, 3.8) is 0 Å². The normalized spacial score (nSPS) is 11.0. The van der Waals surface area contributed by atoms with E-state index in [0.29, 0.717) is 19.6 Å². The molecule has 136 valence electrons. The van der Waals surface area contributed by atoms with E-state index >= 15 is 0 Å². The van der Waals surface area contributed by atoms with E-state index < -0.39 is 0 Å². The van der Waals surface area contributed by atoms with Crippen LogP contribution in [0, 0.1) is 5.82 Å². The number of nitrogens with zero attached hydrogens (tertiary/aromatic N) is 3. The van der Waals surface area contributed by atoms with Crippen molar-refractivity contribution in [3.8, 4) is 0 Å². The van der Waals surface area contributed by atoms with Crippen molar-refractivity contribution < 1.29 is 9.18 Å². The molecular weight excluding hydrogens is 333 g/mol. The molecule has 3 aromatic rings. The number of fused-ring (bicyclic) bond motifs is 1. The Labute approximate surface area is 151 Å². The third kappa shape index (κ3) is 3.40. The number of hydrogen-bond acceptors (Lipinski definition) is 2. The first-order valence-electron chi connectivity index (χ1n) is 8.75. The number of benzene rings is 2. The summed E-state index contributed by atoms with van der Waals surface area (Å²) in [6.45, 7) is 5.08. The topological polar surface area (TPSA) is 47.2 Å². The Hall–Kier alpha value is -2.89. The molecule has 0 fully saturated rings. The number of rotatable bonds is 6. The summed E-state index contributed by atoms with van der Waals surface area (Å²) in [5.74, 6) is -0.494. The molecule has 3 rings (SSSR count). The third-order valence-corrected chi connectivity index (χ3v) is 4.53. The van der Waals surface area contributed by atoms with Gasteiger partial charge in [0.1, 0.15) is 12.4 Å². The van der Waals surface area contributed by atoms with Crippen molar-refractivity contribution in [2.45, 2.75) is 33.5 Å². The van der Waals surface area contributed by atoms with E-state index in [1.807, 2.05) is 38.1 Å². The van der Waals surface area contributed by atoms with Crippen LogP contribution in [0.25, 0.3) is 11.0 Å². The smallest absolute Gasteiger partial charge is 0.329 e. The monoisotopic (exact) mass is 355 g/mol. The second kappa shape index (κ2) is 7.56. The number of carbonyl (C=O) groups excluding carboxylic acids is 1. The minimum absolute atomic E-state index is 0.0322. The first-order chi connectivity index (χ1) is 12.5. The second-order valence-electron chi connectivity index (χ2n) is 6.14. The molecule has 0 N–H and O–H groups in total. The fourth-order valence-corrected chi connectivity index (χ4v) is 3.20. The first-order valence-corrected chi connectivity index (χ1v) is 8.75. The van der Waals surface area contributed by atoms with Gasteiger partial charge >= 0.3 is 5.69 Å². The van der Waals surface area contributed by atoms with Gasteiger partial charge in [-0.25, -0.2) is 9.18 Å². The summed E-state index contributed by atoms with van der Waals surface area (Å²) in [4.78, 5) is 27.1. The van der Waals surface area contributed by atoms with Crippen molar-refractivity contribution in [2.24, 2.45) is 0 Å². The predicted octanol–water partition coefficient (Wildman–Crippen LogP) is 3.01. The van der Waals surface area contributed by atoms with Crippen LogP contribution >= 0.6 is 0 Å². The van der Waals surface area contributed by atoms with E-state index in [1.165, 1.54) is 16.7 Å². The van der Waals surface area contributed by atoms with E-state index in [4.69, 9.17) is 0 Å². The van der Waals surface area contributed by atoms with Crippen LogP contribution in [0.15, 0.2) is 53.3 Å². The molecule has 0 aliphatic heterocycles. The van der Waals surface area contributed by atoms with Gasteiger partial charge in [-0.05, 0) is 43.7 Å². The molecule has 0 saturated heterocycles. The molecule has 2 aromatic carbocycles. The summed E-state index contributed by atoms with van der Waals surface area (Å²) >= 11 is 0. The maximum absolute atomic E-state index is 13.4. The van der Waals surface area contributed by atoms with E-state index in [-0.39, 0.29) is 24.0 Å². The first kappa shape index (κ1) is 17.9. The molecule has 0 atom stereocenters. The average Bonchev–Trinajstić information content (AvgIpc) is 2.91. The van der Waals surface area contributed by atoms with Crippen LogP contribution in [0.1, 0.15) is 19.4 Å². The molecule has 0 saturated carbocycles. The molecule has 1 aromatic heterocycles. The van der Waals surface area contributed by atoms with Crippen molar-refractivity contribution in [1.29, 1.82) is 0 Å². The molecule has 6 heteroatoms. The number of likely N-dealkylation sites (N-methyl/N-ethyl adjacent to an activating group) is 1. The van der Waals surface area contributed by atoms with E-state index in [0.717, 1.165) is 16.6 Å². The highest BCUT2D eigenvalue weighted by Crippen LogP contribution is 2.14. The lowest BCUT2D eigenvalue weighted by molar-refractivity contribution is -0.132. The van der Waals surface area contributed by atoms with Gasteiger partial charge in [-0.1, -0.05) is 24.3 Å². The highest BCUT2D eigenvalue weighted by molar-refractivity contribution is 5.81. The van der Waals surface area contributed by atoms with E-state index in [2.05, 4.69) is 0 Å². The van der Waals surface area contributed by atoms with Gasteiger partial charge in [0.2, 0.25) is 5.91 Å². The number of carbonyl (C=O) groups is 1. The molecule has 5 nitrogen and oxygen atoms in total. The number of aryl methyl sites for hydroxylation is 1. The quantitative estimate of drug-likeness (QED) is 0.682. The van der Waals surface area contributed by atoms with Gasteiger partial charge in [0.05, 0.1) is 11.0 Å². The zero-order valence-corrected chi connectivity index (χ0v) is 15.0. The summed E-state index contributed by atoms with van der Waals surface area (Å²) in [7, 11) is 0. The lowest BCUT2D eigenvalue weighted by atomic mass is 10.2. The Bertz CT molecular complexity index is 990. The van der Waals surface area contributed by atoms with Crippen LogP contribution in [0.3, 0.4) is 0 Å². The largest absolute Gasteiger partial charge is 0.337 e. The summed E-state index contributed by atoms with van der Waals surface area (Å²) in [5, 5.41) is 0. The number of amides is 1. The molecule has 0 unspecified atom stereocenters. The van der Waals surface area contributed by atoms with Gasteiger partial charge in [0.15, 0.2) is 0 Å². The molecule has 1 heterocycles. The molecule has 0 spiro atoms. The maximum Gasteiger partial charge on any atom is 0.329 e. The number of hydrogen-bond donors (Lipinski definition) is 0. The molecule has 1 amide bonds. The Balaban J connectivity index is 1.88. The summed E-state index contributed by atoms with van der Waals surface area (Å²) in [5.41, 5.74) is 2.10. The fraction of sp³-hybridized carbons (Fsp3) is 0.300. The van der Waals surface area contributed by atoms with E-state index in [9.17, 15) is 14.0 Å². The summed E-state index contributed by atoms with van der Waals surface area (Å²) in [6, 6.07) is 13.7. The third-order valence-electron chi connectivity index (χ3n) is 4.53. The lowest BCUT2D eigenvalue weighted by Gasteiger charge is -2.21. The minimum Gasteiger partial charge on any atom is -0.337 e. The van der Waals surface area contributed by atoms with Gasteiger partial charge in [0, 0.05) is 19.6 Å². The summed E-state index contributed by atoms with van der Waals surface area (Å²) < 4.78 is 16.6. The lowest BCUT2D eigenvalue weighted by Crippen LogP contribution is -2.36. The van der Waals surface area contributed by atoms with Gasteiger partial charge in [-0.2, -0.15) is 0 Å². The van der Waals surface area contributed by atoms with Crippen LogP contribution in [0.5, 0.6) is 0 Å². The highest BCUT2D eigenvalue weighted by Gasteiger charge is 2.18. The number of para-hydroxylation sites is 2. The molecule has 0 aliphatic carbocycles. The Morgan fingerprint density at radius 3 is 2.35 bits per heavy atom. The minimum atomic E-state index is -0.326. The van der Waals surface area contributed by atoms with Gasteiger partial charge < -0.3 is 4.90 Å². The fourth-order valence-electron chi connectivity index (χ4n) is 3.20. The zero-order chi connectivity index (χ0) is 18.7. The van der Waals surface area contributed by atoms with Crippen molar-refractivity contribution in [2.75, 3.05) is 6.54 Å². The van der Waals surface area contributed by atoms with Gasteiger partial charge in [0.25, 0.3) is 0 Å². The predicted molar refractivity (Wildman–Crippen MR) is 99.4 cm³/mol. The number of aromatic nitrogens is 2. The number of halogens is 1. The Morgan fingerprint density at radius 2 is 1.73 bits per heavy atom. The van der Waals surface area contributed by atoms with Crippen LogP contribution in [-0.4, -0.2) is 26.5 Å². The maximum atomic E-state index is 13.4. The van der Waals surface area contributed by atoms with E-state index in [1.54, 1.807) is 21.6 Å². The number of imidazole rings is 1.